The van der Waals surface area contributed by atoms with Gasteiger partial charge in [0.25, 0.3) is 0 Å². The number of carbonyl (C=O) groups excluding carboxylic acids is 1. The first-order chi connectivity index (χ1) is 6.07. The first-order valence-corrected chi connectivity index (χ1v) is 5.53. The Balaban J connectivity index is 2.27. The average Bonchev–Trinajstić information content (AvgIpc) is 2.17. The molecule has 2 bridgehead atoms. The lowest BCUT2D eigenvalue weighted by molar-refractivity contribution is -0.165. The van der Waals surface area contributed by atoms with E-state index < -0.39 is 0 Å². The van der Waals surface area contributed by atoms with Gasteiger partial charge in [-0.25, -0.2) is 0 Å². The third kappa shape index (κ3) is 0.963. The minimum absolute atomic E-state index is 0.0399. The van der Waals surface area contributed by atoms with Gasteiger partial charge in [0.05, 0.1) is 0 Å². The topological polar surface area (TPSA) is 17.1 Å². The van der Waals surface area contributed by atoms with E-state index in [1.54, 1.807) is 0 Å². The van der Waals surface area contributed by atoms with Crippen LogP contribution in [0.25, 0.3) is 0 Å². The summed E-state index contributed by atoms with van der Waals surface area (Å²) < 4.78 is 0. The second kappa shape index (κ2) is 2.59. The molecule has 0 aromatic heterocycles. The third-order valence-electron chi connectivity index (χ3n) is 5.02. The Morgan fingerprint density at radius 3 is 2.46 bits per heavy atom. The van der Waals surface area contributed by atoms with Gasteiger partial charge in [0.15, 0.2) is 0 Å². The molecule has 0 heterocycles. The van der Waals surface area contributed by atoms with Crippen LogP contribution < -0.4 is 0 Å². The summed E-state index contributed by atoms with van der Waals surface area (Å²) in [4.78, 5) is 11.2. The van der Waals surface area contributed by atoms with E-state index in [4.69, 9.17) is 0 Å². The van der Waals surface area contributed by atoms with E-state index in [9.17, 15) is 4.79 Å². The Morgan fingerprint density at radius 1 is 1.46 bits per heavy atom. The van der Waals surface area contributed by atoms with Crippen molar-refractivity contribution in [3.05, 3.63) is 0 Å². The molecule has 0 aromatic rings. The Morgan fingerprint density at radius 2 is 2.15 bits per heavy atom. The number of hydrogen-bond acceptors (Lipinski definition) is 1. The van der Waals surface area contributed by atoms with Crippen molar-refractivity contribution in [3.8, 4) is 0 Å². The second-order valence-corrected chi connectivity index (χ2v) is 5.55. The molecule has 3 rings (SSSR count). The number of fused-ring (bicyclic) bond motifs is 2. The first-order valence-electron chi connectivity index (χ1n) is 5.53. The van der Waals surface area contributed by atoms with Crippen molar-refractivity contribution in [1.29, 1.82) is 0 Å². The van der Waals surface area contributed by atoms with E-state index in [0.717, 1.165) is 18.8 Å². The lowest BCUT2D eigenvalue weighted by atomic mass is 9.40. The molecule has 1 nitrogen and oxygen atoms in total. The summed E-state index contributed by atoms with van der Waals surface area (Å²) in [5.41, 5.74) is 0.480. The fraction of sp³-hybridized carbons (Fsp3) is 0.917. The van der Waals surface area contributed by atoms with E-state index in [-0.39, 0.29) is 5.41 Å². The summed E-state index contributed by atoms with van der Waals surface area (Å²) in [6, 6.07) is 0. The van der Waals surface area contributed by atoms with E-state index in [2.05, 4.69) is 20.8 Å². The second-order valence-electron chi connectivity index (χ2n) is 5.55. The third-order valence-corrected chi connectivity index (χ3v) is 5.02. The van der Waals surface area contributed by atoms with Crippen molar-refractivity contribution in [2.24, 2.45) is 22.7 Å². The van der Waals surface area contributed by atoms with Gasteiger partial charge in [-0.15, -0.1) is 0 Å². The van der Waals surface area contributed by atoms with Crippen LogP contribution in [0.1, 0.15) is 46.5 Å². The van der Waals surface area contributed by atoms with Crippen LogP contribution in [-0.2, 0) is 4.79 Å². The first kappa shape index (κ1) is 9.23. The highest BCUT2D eigenvalue weighted by atomic mass is 16.1. The van der Waals surface area contributed by atoms with E-state index in [0.29, 0.717) is 11.3 Å². The molecule has 1 heteroatoms. The average molecular weight is 180 g/mol. The quantitative estimate of drug-likeness (QED) is 0.597. The molecule has 3 fully saturated rings. The zero-order valence-electron chi connectivity index (χ0n) is 8.97. The summed E-state index contributed by atoms with van der Waals surface area (Å²) in [5, 5.41) is 0. The molecule has 0 amide bonds. The minimum atomic E-state index is 0.0399. The smallest absolute Gasteiger partial charge is 0.126 e. The molecular weight excluding hydrogens is 160 g/mol. The summed E-state index contributed by atoms with van der Waals surface area (Å²) in [6.45, 7) is 6.86. The molecule has 0 spiro atoms. The van der Waals surface area contributed by atoms with Crippen molar-refractivity contribution in [2.75, 3.05) is 0 Å². The molecule has 0 N–H and O–H groups in total. The van der Waals surface area contributed by atoms with Gasteiger partial charge in [-0.3, -0.25) is 0 Å². The molecule has 0 saturated heterocycles. The van der Waals surface area contributed by atoms with Crippen molar-refractivity contribution >= 4 is 6.29 Å². The minimum Gasteiger partial charge on any atom is -0.303 e. The maximum Gasteiger partial charge on any atom is 0.126 e. The molecule has 3 saturated carbocycles. The summed E-state index contributed by atoms with van der Waals surface area (Å²) >= 11 is 0. The van der Waals surface area contributed by atoms with Gasteiger partial charge < -0.3 is 4.79 Å². The van der Waals surface area contributed by atoms with Gasteiger partial charge in [0, 0.05) is 5.41 Å². The molecule has 0 aromatic carbocycles. The predicted octanol–water partition coefficient (Wildman–Crippen LogP) is 3.04. The standard InChI is InChI=1S/C12H20O/c1-4-12(8-13)6-5-9-7-10(12)11(9,2)3/h8-10H,4-7H2,1-3H3. The van der Waals surface area contributed by atoms with Crippen LogP contribution in [0.5, 0.6) is 0 Å². The monoisotopic (exact) mass is 180 g/mol. The fourth-order valence-electron chi connectivity index (χ4n) is 3.75. The molecule has 13 heavy (non-hydrogen) atoms. The summed E-state index contributed by atoms with van der Waals surface area (Å²) in [6.07, 6.45) is 6.02. The zero-order valence-corrected chi connectivity index (χ0v) is 8.97. The van der Waals surface area contributed by atoms with Crippen LogP contribution >= 0.6 is 0 Å². The van der Waals surface area contributed by atoms with Gasteiger partial charge in [-0.05, 0) is 42.9 Å². The van der Waals surface area contributed by atoms with Gasteiger partial charge in [-0.1, -0.05) is 20.8 Å². The molecule has 3 aliphatic carbocycles. The number of hydrogen-bond donors (Lipinski definition) is 0. The molecule has 74 valence electrons. The van der Waals surface area contributed by atoms with Gasteiger partial charge in [-0.2, -0.15) is 0 Å². The lowest BCUT2D eigenvalue weighted by Gasteiger charge is -2.63. The van der Waals surface area contributed by atoms with Crippen LogP contribution in [-0.4, -0.2) is 6.29 Å². The maximum absolute atomic E-state index is 11.2. The Bertz CT molecular complexity index is 229. The fourth-order valence-corrected chi connectivity index (χ4v) is 3.75. The zero-order chi connectivity index (χ0) is 9.69. The molecule has 0 aliphatic heterocycles. The van der Waals surface area contributed by atoms with Gasteiger partial charge >= 0.3 is 0 Å². The van der Waals surface area contributed by atoms with E-state index >= 15 is 0 Å². The Labute approximate surface area is 80.9 Å². The van der Waals surface area contributed by atoms with Gasteiger partial charge in [0.2, 0.25) is 0 Å². The highest BCUT2D eigenvalue weighted by Gasteiger charge is 2.60. The lowest BCUT2D eigenvalue weighted by Crippen LogP contribution is -2.58. The number of rotatable bonds is 2. The largest absolute Gasteiger partial charge is 0.303 e. The van der Waals surface area contributed by atoms with Crippen molar-refractivity contribution in [1.82, 2.24) is 0 Å². The molecular formula is C12H20O. The Hall–Kier alpha value is -0.330. The maximum atomic E-state index is 11.2. The normalized spacial score (nSPS) is 46.7. The molecule has 0 radical (unpaired) electrons. The predicted molar refractivity (Wildman–Crippen MR) is 53.4 cm³/mol. The summed E-state index contributed by atoms with van der Waals surface area (Å²) in [5.74, 6) is 1.57. The summed E-state index contributed by atoms with van der Waals surface area (Å²) in [7, 11) is 0. The SMILES string of the molecule is CCC1(C=O)CCC2CC1C2(C)C. The van der Waals surface area contributed by atoms with Crippen molar-refractivity contribution in [2.45, 2.75) is 46.5 Å². The van der Waals surface area contributed by atoms with E-state index in [1.165, 1.54) is 19.1 Å². The number of carbonyl (C=O) groups is 1. The number of aldehydes is 1. The van der Waals surface area contributed by atoms with Crippen molar-refractivity contribution in [3.63, 3.8) is 0 Å². The molecule has 3 unspecified atom stereocenters. The van der Waals surface area contributed by atoms with Crippen LogP contribution in [0.15, 0.2) is 0 Å². The highest BCUT2D eigenvalue weighted by molar-refractivity contribution is 5.61. The van der Waals surface area contributed by atoms with E-state index in [1.807, 2.05) is 0 Å². The molecule has 3 atom stereocenters. The van der Waals surface area contributed by atoms with Crippen LogP contribution in [0.3, 0.4) is 0 Å². The highest BCUT2D eigenvalue weighted by Crippen LogP contribution is 2.66. The Kier molecular flexibility index (Phi) is 1.84. The van der Waals surface area contributed by atoms with Crippen LogP contribution in [0.2, 0.25) is 0 Å². The van der Waals surface area contributed by atoms with Crippen molar-refractivity contribution < 1.29 is 4.79 Å². The van der Waals surface area contributed by atoms with Crippen LogP contribution in [0, 0.1) is 22.7 Å². The molecule has 3 aliphatic rings. The van der Waals surface area contributed by atoms with Crippen LogP contribution in [0.4, 0.5) is 0 Å². The van der Waals surface area contributed by atoms with Gasteiger partial charge in [0.1, 0.15) is 6.29 Å².